The fourth-order valence-corrected chi connectivity index (χ4v) is 5.63. The Hall–Kier alpha value is -5.65. The number of aryl methyl sites for hydroxylation is 1. The SMILES string of the molecule is C=CC(=O)Nc1ccc(Cn2c(=O)c(-c3c(Cl)c(OC)cc(OC)c3Cl)nc3cnc(Nc4c(C)cccc4NC(=O)C=C)cc32)cc1. The van der Waals surface area contributed by atoms with E-state index >= 15 is 0 Å². The van der Waals surface area contributed by atoms with Crippen molar-refractivity contribution in [3.63, 3.8) is 0 Å². The summed E-state index contributed by atoms with van der Waals surface area (Å²) in [5, 5.41) is 8.94. The van der Waals surface area contributed by atoms with Crippen molar-refractivity contribution in [3.05, 3.63) is 118 Å². The van der Waals surface area contributed by atoms with E-state index in [0.29, 0.717) is 33.9 Å². The molecule has 0 aliphatic carbocycles. The molecule has 2 heterocycles. The van der Waals surface area contributed by atoms with Gasteiger partial charge in [0, 0.05) is 17.8 Å². The molecule has 0 bridgehead atoms. The molecule has 2 amide bonds. The third kappa shape index (κ3) is 6.87. The number of benzene rings is 3. The van der Waals surface area contributed by atoms with Crippen molar-refractivity contribution in [1.29, 1.82) is 0 Å². The van der Waals surface area contributed by atoms with Gasteiger partial charge in [0.25, 0.3) is 5.56 Å². The van der Waals surface area contributed by atoms with Gasteiger partial charge in [-0.3, -0.25) is 14.4 Å². The summed E-state index contributed by atoms with van der Waals surface area (Å²) in [5.41, 5.74) is 3.68. The number of hydrogen-bond acceptors (Lipinski definition) is 8. The Morgan fingerprint density at radius 1 is 0.938 bits per heavy atom. The van der Waals surface area contributed by atoms with Crippen LogP contribution in [0.15, 0.2) is 90.9 Å². The molecule has 0 radical (unpaired) electrons. The topological polar surface area (TPSA) is 136 Å². The van der Waals surface area contributed by atoms with Gasteiger partial charge in [0.2, 0.25) is 11.8 Å². The van der Waals surface area contributed by atoms with Gasteiger partial charge in [0.15, 0.2) is 0 Å². The third-order valence-electron chi connectivity index (χ3n) is 7.36. The van der Waals surface area contributed by atoms with E-state index in [1.165, 1.54) is 43.2 Å². The standard InChI is InChI=1S/C35H30Cl2N6O5/c1-6-28(44)39-21-13-11-20(12-14-21)18-43-24-15-27(42-33-19(3)9-8-10-22(33)40-29(45)7-2)38-17-23(24)41-34(35(43)46)30-31(36)25(47-4)16-26(48-5)32(30)37/h6-17H,1-2,18H2,3-5H3,(H,38,42)(H,39,44)(H,40,45). The molecule has 244 valence electrons. The third-order valence-corrected chi connectivity index (χ3v) is 8.11. The predicted octanol–water partition coefficient (Wildman–Crippen LogP) is 7.13. The number of carbonyl (C=O) groups excluding carboxylic acids is 2. The van der Waals surface area contributed by atoms with Gasteiger partial charge in [0.1, 0.15) is 28.5 Å². The molecule has 0 saturated carbocycles. The second-order valence-corrected chi connectivity index (χ2v) is 11.2. The number of amides is 2. The van der Waals surface area contributed by atoms with Crippen LogP contribution in [0.2, 0.25) is 10.0 Å². The fraction of sp³-hybridized carbons (Fsp3) is 0.114. The van der Waals surface area contributed by atoms with Crippen LogP contribution in [-0.2, 0) is 16.1 Å². The van der Waals surface area contributed by atoms with Crippen LogP contribution < -0.4 is 31.0 Å². The number of hydrogen-bond donors (Lipinski definition) is 3. The van der Waals surface area contributed by atoms with E-state index in [1.54, 1.807) is 36.4 Å². The largest absolute Gasteiger partial charge is 0.495 e. The van der Waals surface area contributed by atoms with Gasteiger partial charge in [0.05, 0.1) is 59.5 Å². The molecule has 0 spiro atoms. The number of aromatic nitrogens is 3. The second-order valence-electron chi connectivity index (χ2n) is 10.4. The zero-order valence-electron chi connectivity index (χ0n) is 26.2. The maximum absolute atomic E-state index is 14.4. The van der Waals surface area contributed by atoms with E-state index < -0.39 is 5.56 Å². The summed E-state index contributed by atoms with van der Waals surface area (Å²) in [7, 11) is 2.87. The summed E-state index contributed by atoms with van der Waals surface area (Å²) in [4.78, 5) is 47.6. The van der Waals surface area contributed by atoms with Crippen LogP contribution in [0.3, 0.4) is 0 Å². The fourth-order valence-electron chi connectivity index (χ4n) is 4.95. The molecule has 3 N–H and O–H groups in total. The number of nitrogens with zero attached hydrogens (tertiary/aromatic N) is 3. The number of carbonyl (C=O) groups is 2. The number of para-hydroxylation sites is 1. The number of pyridine rings is 1. The molecule has 0 atom stereocenters. The van der Waals surface area contributed by atoms with Gasteiger partial charge in [-0.2, -0.15) is 0 Å². The molecule has 2 aromatic heterocycles. The highest BCUT2D eigenvalue weighted by atomic mass is 35.5. The van der Waals surface area contributed by atoms with Crippen LogP contribution >= 0.6 is 23.2 Å². The monoisotopic (exact) mass is 684 g/mol. The first-order valence-electron chi connectivity index (χ1n) is 14.4. The minimum absolute atomic E-state index is 0.0413. The number of methoxy groups -OCH3 is 2. The zero-order valence-corrected chi connectivity index (χ0v) is 27.7. The lowest BCUT2D eigenvalue weighted by molar-refractivity contribution is -0.112. The highest BCUT2D eigenvalue weighted by Gasteiger charge is 2.24. The minimum Gasteiger partial charge on any atom is -0.495 e. The maximum atomic E-state index is 14.4. The molecule has 0 unspecified atom stereocenters. The van der Waals surface area contributed by atoms with Crippen LogP contribution in [0.25, 0.3) is 22.3 Å². The van der Waals surface area contributed by atoms with E-state index in [4.69, 9.17) is 32.7 Å². The molecular formula is C35H30Cl2N6O5. The van der Waals surface area contributed by atoms with Crippen LogP contribution in [0.5, 0.6) is 11.5 Å². The van der Waals surface area contributed by atoms with E-state index in [9.17, 15) is 14.4 Å². The van der Waals surface area contributed by atoms with Crippen LogP contribution in [-0.4, -0.2) is 40.6 Å². The van der Waals surface area contributed by atoms with Crippen molar-refractivity contribution in [2.75, 3.05) is 30.2 Å². The molecule has 11 nitrogen and oxygen atoms in total. The quantitative estimate of drug-likeness (QED) is 0.125. The minimum atomic E-state index is -0.502. The number of nitrogens with one attached hydrogen (secondary N) is 3. The average molecular weight is 686 g/mol. The van der Waals surface area contributed by atoms with Crippen LogP contribution in [0, 0.1) is 6.92 Å². The Kier molecular flexibility index (Phi) is 10.1. The molecule has 5 rings (SSSR count). The average Bonchev–Trinajstić information content (AvgIpc) is 3.08. The first kappa shape index (κ1) is 33.7. The van der Waals surface area contributed by atoms with Gasteiger partial charge in [-0.15, -0.1) is 0 Å². The molecule has 0 fully saturated rings. The molecule has 48 heavy (non-hydrogen) atoms. The van der Waals surface area contributed by atoms with E-state index in [1.807, 2.05) is 19.1 Å². The highest BCUT2D eigenvalue weighted by Crippen LogP contribution is 2.45. The molecule has 5 aromatic rings. The molecular weight excluding hydrogens is 655 g/mol. The Labute approximate surface area is 285 Å². The lowest BCUT2D eigenvalue weighted by atomic mass is 10.1. The van der Waals surface area contributed by atoms with Gasteiger partial charge < -0.3 is 30.0 Å². The lowest BCUT2D eigenvalue weighted by Gasteiger charge is -2.18. The number of fused-ring (bicyclic) bond motifs is 1. The number of rotatable bonds is 11. The summed E-state index contributed by atoms with van der Waals surface area (Å²) < 4.78 is 12.4. The van der Waals surface area contributed by atoms with E-state index in [2.05, 4.69) is 39.1 Å². The van der Waals surface area contributed by atoms with Crippen molar-refractivity contribution in [2.24, 2.45) is 0 Å². The first-order chi connectivity index (χ1) is 23.1. The Morgan fingerprint density at radius 2 is 1.58 bits per heavy atom. The summed E-state index contributed by atoms with van der Waals surface area (Å²) in [6.07, 6.45) is 3.87. The molecule has 13 heteroatoms. The van der Waals surface area contributed by atoms with Crippen molar-refractivity contribution >= 4 is 68.9 Å². The van der Waals surface area contributed by atoms with Crippen LogP contribution in [0.4, 0.5) is 22.9 Å². The molecule has 0 aliphatic heterocycles. The van der Waals surface area contributed by atoms with Gasteiger partial charge in [-0.1, -0.05) is 60.6 Å². The second kappa shape index (κ2) is 14.4. The normalized spacial score (nSPS) is 10.7. The lowest BCUT2D eigenvalue weighted by Crippen LogP contribution is -2.25. The maximum Gasteiger partial charge on any atom is 0.278 e. The Morgan fingerprint density at radius 3 is 2.21 bits per heavy atom. The molecule has 0 saturated heterocycles. The van der Waals surface area contributed by atoms with Gasteiger partial charge in [-0.05, 0) is 48.4 Å². The van der Waals surface area contributed by atoms with E-state index in [0.717, 1.165) is 11.1 Å². The zero-order chi connectivity index (χ0) is 34.5. The van der Waals surface area contributed by atoms with Gasteiger partial charge >= 0.3 is 0 Å². The number of halogens is 2. The molecule has 0 aliphatic rings. The van der Waals surface area contributed by atoms with Crippen molar-refractivity contribution < 1.29 is 19.1 Å². The Bertz CT molecular complexity index is 2120. The summed E-state index contributed by atoms with van der Waals surface area (Å²) in [6.45, 7) is 8.98. The smallest absolute Gasteiger partial charge is 0.278 e. The summed E-state index contributed by atoms with van der Waals surface area (Å²) in [5.74, 6) is 0.151. The van der Waals surface area contributed by atoms with Crippen LogP contribution in [0.1, 0.15) is 11.1 Å². The highest BCUT2D eigenvalue weighted by molar-refractivity contribution is 6.41. The first-order valence-corrected chi connectivity index (χ1v) is 15.2. The summed E-state index contributed by atoms with van der Waals surface area (Å²) >= 11 is 13.4. The number of ether oxygens (including phenoxy) is 2. The summed E-state index contributed by atoms with van der Waals surface area (Å²) in [6, 6.07) is 15.7. The number of anilines is 4. The molecule has 3 aromatic carbocycles. The van der Waals surface area contributed by atoms with Crippen molar-refractivity contribution in [3.8, 4) is 22.8 Å². The Balaban J connectivity index is 1.69. The predicted molar refractivity (Wildman–Crippen MR) is 190 cm³/mol. The van der Waals surface area contributed by atoms with Crippen molar-refractivity contribution in [2.45, 2.75) is 13.5 Å². The van der Waals surface area contributed by atoms with Gasteiger partial charge in [-0.25, -0.2) is 9.97 Å². The van der Waals surface area contributed by atoms with E-state index in [-0.39, 0.29) is 51.2 Å². The van der Waals surface area contributed by atoms with Crippen molar-refractivity contribution in [1.82, 2.24) is 14.5 Å².